The molecule has 2 amide bonds. The van der Waals surface area contributed by atoms with Crippen LogP contribution >= 0.6 is 23.1 Å². The number of hydrogen-bond acceptors (Lipinski definition) is 7. The molecule has 1 saturated heterocycles. The van der Waals surface area contributed by atoms with Crippen molar-refractivity contribution in [3.05, 3.63) is 34.8 Å². The lowest BCUT2D eigenvalue weighted by Crippen LogP contribution is -2.42. The highest BCUT2D eigenvalue weighted by Crippen LogP contribution is 2.52. The molecule has 1 aromatic heterocycles. The summed E-state index contributed by atoms with van der Waals surface area (Å²) < 4.78 is 10.7. The van der Waals surface area contributed by atoms with Crippen LogP contribution in [0.15, 0.2) is 23.7 Å². The minimum Gasteiger partial charge on any atom is -0.493 e. The van der Waals surface area contributed by atoms with Crippen LogP contribution in [0.1, 0.15) is 21.3 Å². The second kappa shape index (κ2) is 6.23. The number of methoxy groups -OCH3 is 2. The maximum Gasteiger partial charge on any atom is 0.260 e. The summed E-state index contributed by atoms with van der Waals surface area (Å²) >= 11 is 2.92. The zero-order valence-electron chi connectivity index (χ0n) is 13.5. The van der Waals surface area contributed by atoms with Crippen LogP contribution in [0.3, 0.4) is 0 Å². The number of carbonyl (C=O) groups excluding carboxylic acids is 2. The van der Waals surface area contributed by atoms with Gasteiger partial charge < -0.3 is 19.7 Å². The minimum absolute atomic E-state index is 0.186. The van der Waals surface area contributed by atoms with Crippen LogP contribution in [0.25, 0.3) is 0 Å². The molecule has 2 atom stereocenters. The molecule has 0 unspecified atom stereocenters. The number of aromatic nitrogens is 1. The second-order valence-electron chi connectivity index (χ2n) is 5.51. The molecular weight excluding hydrogens is 362 g/mol. The number of thiazole rings is 1. The van der Waals surface area contributed by atoms with E-state index in [1.807, 2.05) is 6.07 Å². The number of carbonyl (C=O) groups is 2. The van der Waals surface area contributed by atoms with E-state index in [4.69, 9.17) is 9.47 Å². The Morgan fingerprint density at radius 2 is 2.20 bits per heavy atom. The van der Waals surface area contributed by atoms with Crippen molar-refractivity contribution in [3.63, 3.8) is 0 Å². The molecule has 2 aliphatic heterocycles. The van der Waals surface area contributed by atoms with Gasteiger partial charge in [-0.3, -0.25) is 9.59 Å². The zero-order chi connectivity index (χ0) is 17.6. The number of rotatable bonds is 4. The molecule has 1 fully saturated rings. The predicted molar refractivity (Wildman–Crippen MR) is 95.4 cm³/mol. The maximum atomic E-state index is 13.0. The molecule has 25 heavy (non-hydrogen) atoms. The summed E-state index contributed by atoms with van der Waals surface area (Å²) in [5.41, 5.74) is 1.34. The van der Waals surface area contributed by atoms with Crippen molar-refractivity contribution in [1.29, 1.82) is 0 Å². The number of benzene rings is 1. The first-order valence-corrected chi connectivity index (χ1v) is 9.48. The SMILES string of the molecule is COc1ccc2c(c1OC)C(=O)N1[C@H](C(=O)Nc3nccs3)CS[C@@H]21. The normalized spacial score (nSPS) is 21.0. The predicted octanol–water partition coefficient (Wildman–Crippen LogP) is 2.37. The van der Waals surface area contributed by atoms with Crippen molar-refractivity contribution < 1.29 is 19.1 Å². The van der Waals surface area contributed by atoms with E-state index in [0.29, 0.717) is 27.9 Å². The lowest BCUT2D eigenvalue weighted by atomic mass is 10.1. The third-order valence-electron chi connectivity index (χ3n) is 4.26. The summed E-state index contributed by atoms with van der Waals surface area (Å²) in [7, 11) is 3.04. The van der Waals surface area contributed by atoms with Crippen LogP contribution in [0.4, 0.5) is 5.13 Å². The molecule has 9 heteroatoms. The monoisotopic (exact) mass is 377 g/mol. The van der Waals surface area contributed by atoms with E-state index in [-0.39, 0.29) is 17.2 Å². The molecule has 4 rings (SSSR count). The highest BCUT2D eigenvalue weighted by molar-refractivity contribution is 7.99. The first kappa shape index (κ1) is 16.2. The van der Waals surface area contributed by atoms with Crippen molar-refractivity contribution in [1.82, 2.24) is 9.88 Å². The van der Waals surface area contributed by atoms with E-state index in [0.717, 1.165) is 5.56 Å². The van der Waals surface area contributed by atoms with Crippen LogP contribution in [0.5, 0.6) is 11.5 Å². The molecule has 2 aliphatic rings. The third kappa shape index (κ3) is 2.46. The van der Waals surface area contributed by atoms with E-state index in [1.165, 1.54) is 25.6 Å². The fourth-order valence-corrected chi connectivity index (χ4v) is 5.16. The fraction of sp³-hybridized carbons (Fsp3) is 0.312. The molecular formula is C16H15N3O4S2. The average Bonchev–Trinajstić information content (AvgIpc) is 3.33. The number of nitrogens with one attached hydrogen (secondary N) is 1. The lowest BCUT2D eigenvalue weighted by Gasteiger charge is -2.22. The van der Waals surface area contributed by atoms with Crippen LogP contribution < -0.4 is 14.8 Å². The Kier molecular flexibility index (Phi) is 4.04. The van der Waals surface area contributed by atoms with Gasteiger partial charge in [0.05, 0.1) is 19.8 Å². The number of hydrogen-bond donors (Lipinski definition) is 1. The first-order chi connectivity index (χ1) is 12.2. The highest BCUT2D eigenvalue weighted by Gasteiger charge is 2.50. The molecule has 7 nitrogen and oxygen atoms in total. The summed E-state index contributed by atoms with van der Waals surface area (Å²) in [5.74, 6) is 1.03. The minimum atomic E-state index is -0.547. The van der Waals surface area contributed by atoms with Crippen molar-refractivity contribution in [2.75, 3.05) is 25.3 Å². The summed E-state index contributed by atoms with van der Waals surface area (Å²) in [4.78, 5) is 31.3. The number of amides is 2. The molecule has 0 radical (unpaired) electrons. The van der Waals surface area contributed by atoms with E-state index in [9.17, 15) is 9.59 Å². The molecule has 2 aromatic rings. The highest BCUT2D eigenvalue weighted by atomic mass is 32.2. The van der Waals surface area contributed by atoms with E-state index in [1.54, 1.807) is 34.3 Å². The quantitative estimate of drug-likeness (QED) is 0.881. The third-order valence-corrected chi connectivity index (χ3v) is 6.25. The maximum absolute atomic E-state index is 13.0. The Morgan fingerprint density at radius 3 is 2.88 bits per heavy atom. The van der Waals surface area contributed by atoms with Crippen molar-refractivity contribution in [3.8, 4) is 11.5 Å². The molecule has 3 heterocycles. The Balaban J connectivity index is 1.66. The number of nitrogens with zero attached hydrogens (tertiary/aromatic N) is 2. The van der Waals surface area contributed by atoms with Crippen LogP contribution in [0.2, 0.25) is 0 Å². The standard InChI is InChI=1S/C16H15N3O4S2/c1-22-10-4-3-8-11(12(10)23-2)14(21)19-9(7-25-15(8)19)13(20)18-16-17-5-6-24-16/h3-6,9,15H,7H2,1-2H3,(H,17,18,20)/t9-,15-/m0/s1. The summed E-state index contributed by atoms with van der Waals surface area (Å²) in [6, 6.07) is 3.11. The summed E-state index contributed by atoms with van der Waals surface area (Å²) in [6.07, 6.45) is 1.63. The van der Waals surface area contributed by atoms with Crippen LogP contribution in [-0.2, 0) is 4.79 Å². The fourth-order valence-electron chi connectivity index (χ4n) is 3.17. The molecule has 1 N–H and O–H groups in total. The molecule has 1 aromatic carbocycles. The van der Waals surface area contributed by atoms with Gasteiger partial charge in [0.1, 0.15) is 11.4 Å². The van der Waals surface area contributed by atoms with Crippen LogP contribution in [-0.4, -0.2) is 47.7 Å². The number of anilines is 1. The van der Waals surface area contributed by atoms with Gasteiger partial charge in [0.15, 0.2) is 16.6 Å². The van der Waals surface area contributed by atoms with Gasteiger partial charge in [-0.05, 0) is 6.07 Å². The summed E-state index contributed by atoms with van der Waals surface area (Å²) in [5, 5.41) is 4.91. The van der Waals surface area contributed by atoms with Gasteiger partial charge in [-0.1, -0.05) is 6.07 Å². The van der Waals surface area contributed by atoms with Gasteiger partial charge in [-0.25, -0.2) is 4.98 Å². The average molecular weight is 377 g/mol. The number of fused-ring (bicyclic) bond motifs is 3. The zero-order valence-corrected chi connectivity index (χ0v) is 15.1. The Labute approximate surface area is 152 Å². The largest absolute Gasteiger partial charge is 0.493 e. The second-order valence-corrected chi connectivity index (χ2v) is 7.51. The topological polar surface area (TPSA) is 80.8 Å². The van der Waals surface area contributed by atoms with Crippen molar-refractivity contribution >= 4 is 40.0 Å². The first-order valence-electron chi connectivity index (χ1n) is 7.55. The van der Waals surface area contributed by atoms with E-state index >= 15 is 0 Å². The summed E-state index contributed by atoms with van der Waals surface area (Å²) in [6.45, 7) is 0. The van der Waals surface area contributed by atoms with Gasteiger partial charge in [0, 0.05) is 22.9 Å². The Bertz CT molecular complexity index is 840. The van der Waals surface area contributed by atoms with Gasteiger partial charge in [0.25, 0.3) is 5.91 Å². The molecule has 0 spiro atoms. The smallest absolute Gasteiger partial charge is 0.260 e. The van der Waals surface area contributed by atoms with E-state index < -0.39 is 6.04 Å². The number of thioether (sulfide) groups is 1. The van der Waals surface area contributed by atoms with Gasteiger partial charge in [0.2, 0.25) is 5.91 Å². The number of ether oxygens (including phenoxy) is 2. The Morgan fingerprint density at radius 1 is 1.36 bits per heavy atom. The van der Waals surface area contributed by atoms with Crippen LogP contribution in [0, 0.1) is 0 Å². The molecule has 130 valence electrons. The lowest BCUT2D eigenvalue weighted by molar-refractivity contribution is -0.119. The molecule has 0 bridgehead atoms. The van der Waals surface area contributed by atoms with E-state index in [2.05, 4.69) is 10.3 Å². The van der Waals surface area contributed by atoms with Gasteiger partial charge in [-0.15, -0.1) is 23.1 Å². The Hall–Kier alpha value is -2.26. The molecule has 0 aliphatic carbocycles. The van der Waals surface area contributed by atoms with Crippen molar-refractivity contribution in [2.24, 2.45) is 0 Å². The molecule has 0 saturated carbocycles. The van der Waals surface area contributed by atoms with Crippen molar-refractivity contribution in [2.45, 2.75) is 11.4 Å². The van der Waals surface area contributed by atoms with Gasteiger partial charge >= 0.3 is 0 Å². The van der Waals surface area contributed by atoms with Gasteiger partial charge in [-0.2, -0.15) is 0 Å².